The highest BCUT2D eigenvalue weighted by Crippen LogP contribution is 2.24. The largest absolute Gasteiger partial charge is 0.423 e. The van der Waals surface area contributed by atoms with E-state index >= 15 is 0 Å². The van der Waals surface area contributed by atoms with Crippen molar-refractivity contribution >= 4 is 22.6 Å². The van der Waals surface area contributed by atoms with E-state index in [1.807, 2.05) is 26.1 Å². The average molecular weight is 347 g/mol. The lowest BCUT2D eigenvalue weighted by molar-refractivity contribution is -0.907. The molecule has 1 N–H and O–H groups in total. The van der Waals surface area contributed by atoms with E-state index in [0.29, 0.717) is 23.7 Å². The highest BCUT2D eigenvalue weighted by Gasteiger charge is 2.13. The first-order chi connectivity index (χ1) is 11.4. The van der Waals surface area contributed by atoms with Gasteiger partial charge in [-0.25, -0.2) is 9.18 Å². The van der Waals surface area contributed by atoms with Crippen LogP contribution in [0.4, 0.5) is 4.39 Å². The third-order valence-electron chi connectivity index (χ3n) is 4.00. The van der Waals surface area contributed by atoms with Crippen LogP contribution in [0.5, 0.6) is 0 Å². The summed E-state index contributed by atoms with van der Waals surface area (Å²) in [6.45, 7) is 3.13. The highest BCUT2D eigenvalue weighted by atomic mass is 35.5. The molecule has 1 heterocycles. The summed E-state index contributed by atoms with van der Waals surface area (Å²) in [6, 6.07) is 11.7. The Labute approximate surface area is 144 Å². The van der Waals surface area contributed by atoms with E-state index in [1.54, 1.807) is 12.1 Å². The monoisotopic (exact) mass is 346 g/mol. The summed E-state index contributed by atoms with van der Waals surface area (Å²) in [5.41, 5.74) is 2.81. The van der Waals surface area contributed by atoms with Crippen molar-refractivity contribution in [2.45, 2.75) is 20.0 Å². The van der Waals surface area contributed by atoms with Crippen molar-refractivity contribution in [1.29, 1.82) is 0 Å². The van der Waals surface area contributed by atoms with Gasteiger partial charge in [-0.1, -0.05) is 23.7 Å². The number of nitrogens with one attached hydrogen (secondary N) is 1. The number of aryl methyl sites for hydroxylation is 1. The minimum Gasteiger partial charge on any atom is -0.423 e. The zero-order valence-electron chi connectivity index (χ0n) is 13.5. The maximum Gasteiger partial charge on any atom is 0.336 e. The highest BCUT2D eigenvalue weighted by molar-refractivity contribution is 6.32. The lowest BCUT2D eigenvalue weighted by Gasteiger charge is -2.15. The van der Waals surface area contributed by atoms with Crippen LogP contribution in [-0.4, -0.2) is 7.05 Å². The number of benzene rings is 2. The fraction of sp³-hybridized carbons (Fsp3) is 0.211. The molecule has 0 saturated heterocycles. The molecule has 3 aromatic rings. The summed E-state index contributed by atoms with van der Waals surface area (Å²) in [4.78, 5) is 13.0. The Bertz CT molecular complexity index is 952. The van der Waals surface area contributed by atoms with Gasteiger partial charge in [-0.05, 0) is 36.8 Å². The second-order valence-corrected chi connectivity index (χ2v) is 6.54. The van der Waals surface area contributed by atoms with Crippen LogP contribution < -0.4 is 10.5 Å². The summed E-state index contributed by atoms with van der Waals surface area (Å²) < 4.78 is 18.6. The molecule has 0 aliphatic carbocycles. The van der Waals surface area contributed by atoms with Gasteiger partial charge in [0.1, 0.15) is 24.5 Å². The van der Waals surface area contributed by atoms with Gasteiger partial charge in [-0.2, -0.15) is 0 Å². The second-order valence-electron chi connectivity index (χ2n) is 6.13. The van der Waals surface area contributed by atoms with Crippen LogP contribution >= 0.6 is 11.6 Å². The lowest BCUT2D eigenvalue weighted by atomic mass is 10.1. The standard InChI is InChI=1S/C19H17ClFNO2/c1-12-6-18-16(9-17(12)20)14(8-19(23)24-18)11-22(2)10-13-4-3-5-15(21)7-13/h3-9H,10-11H2,1-2H3/p+1. The smallest absolute Gasteiger partial charge is 0.336 e. The van der Waals surface area contributed by atoms with Gasteiger partial charge in [0.15, 0.2) is 0 Å². The van der Waals surface area contributed by atoms with E-state index in [-0.39, 0.29) is 11.4 Å². The quantitative estimate of drug-likeness (QED) is 0.737. The SMILES string of the molecule is Cc1cc2oc(=O)cc(C[NH+](C)Cc3cccc(F)c3)c2cc1Cl. The van der Waals surface area contributed by atoms with Crippen molar-refractivity contribution in [3.05, 3.63) is 80.4 Å². The Balaban J connectivity index is 1.91. The molecular formula is C19H18ClFNO2+. The Kier molecular flexibility index (Phi) is 4.69. The molecule has 5 heteroatoms. The lowest BCUT2D eigenvalue weighted by Crippen LogP contribution is -3.06. The van der Waals surface area contributed by atoms with Gasteiger partial charge in [-0.3, -0.25) is 0 Å². The second kappa shape index (κ2) is 6.75. The first-order valence-corrected chi connectivity index (χ1v) is 8.09. The zero-order chi connectivity index (χ0) is 17.3. The van der Waals surface area contributed by atoms with Gasteiger partial charge < -0.3 is 9.32 Å². The summed E-state index contributed by atoms with van der Waals surface area (Å²) in [7, 11) is 2.00. The third-order valence-corrected chi connectivity index (χ3v) is 4.40. The van der Waals surface area contributed by atoms with Gasteiger partial charge in [0, 0.05) is 27.6 Å². The molecule has 24 heavy (non-hydrogen) atoms. The van der Waals surface area contributed by atoms with Crippen molar-refractivity contribution in [2.75, 3.05) is 7.05 Å². The fourth-order valence-electron chi connectivity index (χ4n) is 2.88. The predicted molar refractivity (Wildman–Crippen MR) is 92.9 cm³/mol. The summed E-state index contributed by atoms with van der Waals surface area (Å²) >= 11 is 6.21. The van der Waals surface area contributed by atoms with Crippen molar-refractivity contribution in [2.24, 2.45) is 0 Å². The van der Waals surface area contributed by atoms with E-state index in [0.717, 1.165) is 27.0 Å². The molecular weight excluding hydrogens is 329 g/mol. The van der Waals surface area contributed by atoms with Crippen LogP contribution in [0.2, 0.25) is 5.02 Å². The van der Waals surface area contributed by atoms with Crippen LogP contribution in [0, 0.1) is 12.7 Å². The van der Waals surface area contributed by atoms with E-state index in [1.165, 1.54) is 18.2 Å². The van der Waals surface area contributed by atoms with Crippen molar-refractivity contribution in [3.63, 3.8) is 0 Å². The minimum atomic E-state index is -0.377. The van der Waals surface area contributed by atoms with E-state index in [2.05, 4.69) is 0 Å². The van der Waals surface area contributed by atoms with Gasteiger partial charge in [-0.15, -0.1) is 0 Å². The molecule has 1 aromatic heterocycles. The molecule has 0 radical (unpaired) electrons. The fourth-order valence-corrected chi connectivity index (χ4v) is 3.04. The number of halogens is 2. The normalized spacial score (nSPS) is 12.5. The molecule has 3 rings (SSSR count). The predicted octanol–water partition coefficient (Wildman–Crippen LogP) is 3.11. The molecule has 124 valence electrons. The average Bonchev–Trinajstić information content (AvgIpc) is 2.49. The molecule has 0 bridgehead atoms. The van der Waals surface area contributed by atoms with Crippen molar-refractivity contribution < 1.29 is 13.7 Å². The molecule has 0 amide bonds. The van der Waals surface area contributed by atoms with Crippen LogP contribution in [-0.2, 0) is 13.1 Å². The Hall–Kier alpha value is -2.17. The molecule has 1 atom stereocenters. The molecule has 2 aromatic carbocycles. The Morgan fingerprint density at radius 3 is 2.71 bits per heavy atom. The van der Waals surface area contributed by atoms with Crippen LogP contribution in [0.15, 0.2) is 51.7 Å². The number of fused-ring (bicyclic) bond motifs is 1. The Morgan fingerprint density at radius 2 is 1.96 bits per heavy atom. The van der Waals surface area contributed by atoms with Crippen molar-refractivity contribution in [3.8, 4) is 0 Å². The number of rotatable bonds is 4. The molecule has 0 spiro atoms. The minimum absolute atomic E-state index is 0.242. The molecule has 1 unspecified atom stereocenters. The summed E-state index contributed by atoms with van der Waals surface area (Å²) in [5, 5.41) is 1.48. The molecule has 0 aliphatic heterocycles. The van der Waals surface area contributed by atoms with Gasteiger partial charge in [0.2, 0.25) is 0 Å². The molecule has 3 nitrogen and oxygen atoms in total. The summed E-state index contributed by atoms with van der Waals surface area (Å²) in [5.74, 6) is -0.242. The van der Waals surface area contributed by atoms with Crippen LogP contribution in [0.1, 0.15) is 16.7 Å². The number of hydrogen-bond donors (Lipinski definition) is 1. The zero-order valence-corrected chi connectivity index (χ0v) is 14.3. The van der Waals surface area contributed by atoms with Gasteiger partial charge in [0.25, 0.3) is 0 Å². The van der Waals surface area contributed by atoms with E-state index in [9.17, 15) is 9.18 Å². The maximum absolute atomic E-state index is 13.3. The van der Waals surface area contributed by atoms with Gasteiger partial charge >= 0.3 is 5.63 Å². The van der Waals surface area contributed by atoms with Crippen molar-refractivity contribution in [1.82, 2.24) is 0 Å². The number of hydrogen-bond acceptors (Lipinski definition) is 2. The number of quaternary nitrogens is 1. The summed E-state index contributed by atoms with van der Waals surface area (Å²) in [6.07, 6.45) is 0. The Morgan fingerprint density at radius 1 is 1.17 bits per heavy atom. The maximum atomic E-state index is 13.3. The molecule has 0 fully saturated rings. The van der Waals surface area contributed by atoms with Crippen LogP contribution in [0.3, 0.4) is 0 Å². The van der Waals surface area contributed by atoms with Gasteiger partial charge in [0.05, 0.1) is 7.05 Å². The first-order valence-electron chi connectivity index (χ1n) is 7.71. The van der Waals surface area contributed by atoms with Crippen LogP contribution in [0.25, 0.3) is 11.0 Å². The third kappa shape index (κ3) is 3.66. The molecule has 0 saturated carbocycles. The molecule has 0 aliphatic rings. The van der Waals surface area contributed by atoms with E-state index < -0.39 is 0 Å². The topological polar surface area (TPSA) is 34.6 Å². The van der Waals surface area contributed by atoms with E-state index in [4.69, 9.17) is 16.0 Å². The first kappa shape index (κ1) is 16.7.